The van der Waals surface area contributed by atoms with Crippen molar-refractivity contribution >= 4 is 11.8 Å². The molecule has 2 amide bonds. The van der Waals surface area contributed by atoms with Crippen molar-refractivity contribution in [3.05, 3.63) is 0 Å². The van der Waals surface area contributed by atoms with Crippen molar-refractivity contribution in [2.75, 3.05) is 45.8 Å². The first kappa shape index (κ1) is 12.4. The summed E-state index contributed by atoms with van der Waals surface area (Å²) in [6.45, 7) is 6.99. The molecule has 0 N–H and O–H groups in total. The average molecular weight is 239 g/mol. The highest BCUT2D eigenvalue weighted by Crippen LogP contribution is 2.09. The Labute approximate surface area is 102 Å². The smallest absolute Gasteiger partial charge is 0.236 e. The molecule has 0 aromatic carbocycles. The van der Waals surface area contributed by atoms with Gasteiger partial charge in [-0.2, -0.15) is 0 Å². The van der Waals surface area contributed by atoms with Crippen LogP contribution in [0.25, 0.3) is 0 Å². The maximum Gasteiger partial charge on any atom is 0.236 e. The maximum absolute atomic E-state index is 12.0. The fraction of sp³-hybridized carbons (Fsp3) is 0.833. The van der Waals surface area contributed by atoms with E-state index in [4.69, 9.17) is 0 Å². The van der Waals surface area contributed by atoms with Crippen LogP contribution in [0.4, 0.5) is 0 Å². The van der Waals surface area contributed by atoms with Crippen LogP contribution in [-0.4, -0.2) is 72.3 Å². The predicted molar refractivity (Wildman–Crippen MR) is 64.5 cm³/mol. The second-order valence-corrected chi connectivity index (χ2v) is 4.87. The Morgan fingerprint density at radius 3 is 1.94 bits per heavy atom. The molecule has 5 heteroatoms. The SMILES string of the molecule is CC(=O)N1CCN(C(=O)CN2CCCC2)CC1. The molecule has 2 heterocycles. The van der Waals surface area contributed by atoms with Gasteiger partial charge in [0, 0.05) is 33.1 Å². The zero-order valence-corrected chi connectivity index (χ0v) is 10.5. The van der Waals surface area contributed by atoms with Crippen LogP contribution < -0.4 is 0 Å². The highest BCUT2D eigenvalue weighted by molar-refractivity contribution is 5.79. The van der Waals surface area contributed by atoms with E-state index in [1.54, 1.807) is 11.8 Å². The molecular weight excluding hydrogens is 218 g/mol. The van der Waals surface area contributed by atoms with Crippen LogP contribution in [0.2, 0.25) is 0 Å². The summed E-state index contributed by atoms with van der Waals surface area (Å²) in [6.07, 6.45) is 2.43. The number of piperazine rings is 1. The third kappa shape index (κ3) is 3.19. The van der Waals surface area contributed by atoms with Crippen molar-refractivity contribution in [2.45, 2.75) is 19.8 Å². The highest BCUT2D eigenvalue weighted by Gasteiger charge is 2.24. The molecule has 0 bridgehead atoms. The second-order valence-electron chi connectivity index (χ2n) is 4.87. The summed E-state index contributed by atoms with van der Waals surface area (Å²) in [4.78, 5) is 29.1. The standard InChI is InChI=1S/C12H21N3O2/c1-11(16)14-6-8-15(9-7-14)12(17)10-13-4-2-3-5-13/h2-10H2,1H3. The van der Waals surface area contributed by atoms with Crippen molar-refractivity contribution in [1.82, 2.24) is 14.7 Å². The summed E-state index contributed by atoms with van der Waals surface area (Å²) in [5.41, 5.74) is 0. The van der Waals surface area contributed by atoms with E-state index in [0.29, 0.717) is 32.7 Å². The van der Waals surface area contributed by atoms with Crippen LogP contribution in [0.3, 0.4) is 0 Å². The zero-order chi connectivity index (χ0) is 12.3. The number of hydrogen-bond acceptors (Lipinski definition) is 3. The van der Waals surface area contributed by atoms with Gasteiger partial charge in [0.1, 0.15) is 0 Å². The second kappa shape index (κ2) is 5.49. The number of hydrogen-bond donors (Lipinski definition) is 0. The first-order valence-corrected chi connectivity index (χ1v) is 6.42. The Morgan fingerprint density at radius 1 is 0.882 bits per heavy atom. The third-order valence-corrected chi connectivity index (χ3v) is 3.64. The van der Waals surface area contributed by atoms with Crippen molar-refractivity contribution in [3.8, 4) is 0 Å². The average Bonchev–Trinajstić information content (AvgIpc) is 2.82. The topological polar surface area (TPSA) is 43.9 Å². The Hall–Kier alpha value is -1.10. The van der Waals surface area contributed by atoms with E-state index in [1.807, 2.05) is 4.90 Å². The summed E-state index contributed by atoms with van der Waals surface area (Å²) in [5.74, 6) is 0.326. The van der Waals surface area contributed by atoms with Crippen LogP contribution in [0.1, 0.15) is 19.8 Å². The summed E-state index contributed by atoms with van der Waals surface area (Å²) < 4.78 is 0. The molecule has 2 aliphatic heterocycles. The molecule has 2 rings (SSSR count). The van der Waals surface area contributed by atoms with Crippen molar-refractivity contribution in [3.63, 3.8) is 0 Å². The lowest BCUT2D eigenvalue weighted by Crippen LogP contribution is -2.52. The number of carbonyl (C=O) groups is 2. The molecule has 0 unspecified atom stereocenters. The molecule has 0 aromatic heterocycles. The first-order valence-electron chi connectivity index (χ1n) is 6.42. The lowest BCUT2D eigenvalue weighted by atomic mass is 10.3. The number of carbonyl (C=O) groups excluding carboxylic acids is 2. The van der Waals surface area contributed by atoms with E-state index in [9.17, 15) is 9.59 Å². The van der Waals surface area contributed by atoms with Gasteiger partial charge in [0.05, 0.1) is 6.54 Å². The molecule has 0 spiro atoms. The van der Waals surface area contributed by atoms with Gasteiger partial charge in [0.25, 0.3) is 0 Å². The molecule has 0 radical (unpaired) electrons. The Morgan fingerprint density at radius 2 is 1.41 bits per heavy atom. The fourth-order valence-electron chi connectivity index (χ4n) is 2.50. The molecule has 2 aliphatic rings. The minimum Gasteiger partial charge on any atom is -0.339 e. The molecule has 5 nitrogen and oxygen atoms in total. The van der Waals surface area contributed by atoms with Crippen LogP contribution in [-0.2, 0) is 9.59 Å². The molecule has 96 valence electrons. The summed E-state index contributed by atoms with van der Waals surface area (Å²) in [5, 5.41) is 0. The zero-order valence-electron chi connectivity index (χ0n) is 10.5. The molecule has 2 saturated heterocycles. The summed E-state index contributed by atoms with van der Waals surface area (Å²) in [7, 11) is 0. The van der Waals surface area contributed by atoms with Gasteiger partial charge in [-0.15, -0.1) is 0 Å². The third-order valence-electron chi connectivity index (χ3n) is 3.64. The van der Waals surface area contributed by atoms with E-state index < -0.39 is 0 Å². The Balaban J connectivity index is 1.75. The number of rotatable bonds is 2. The van der Waals surface area contributed by atoms with Gasteiger partial charge < -0.3 is 9.80 Å². The number of likely N-dealkylation sites (tertiary alicyclic amines) is 1. The van der Waals surface area contributed by atoms with E-state index in [-0.39, 0.29) is 11.8 Å². The summed E-state index contributed by atoms with van der Waals surface area (Å²) in [6, 6.07) is 0. The maximum atomic E-state index is 12.0. The molecule has 0 aliphatic carbocycles. The monoisotopic (exact) mass is 239 g/mol. The van der Waals surface area contributed by atoms with Crippen LogP contribution in [0.5, 0.6) is 0 Å². The lowest BCUT2D eigenvalue weighted by molar-refractivity contribution is -0.139. The largest absolute Gasteiger partial charge is 0.339 e. The molecule has 0 atom stereocenters. The van der Waals surface area contributed by atoms with Gasteiger partial charge in [0.15, 0.2) is 0 Å². The molecule has 0 saturated carbocycles. The normalized spacial score (nSPS) is 21.9. The van der Waals surface area contributed by atoms with Gasteiger partial charge in [-0.3, -0.25) is 14.5 Å². The predicted octanol–water partition coefficient (Wildman–Crippen LogP) is -0.227. The minimum absolute atomic E-state index is 0.108. The summed E-state index contributed by atoms with van der Waals surface area (Å²) >= 11 is 0. The highest BCUT2D eigenvalue weighted by atomic mass is 16.2. The Kier molecular flexibility index (Phi) is 3.99. The Bertz CT molecular complexity index is 292. The first-order chi connectivity index (χ1) is 8.16. The fourth-order valence-corrected chi connectivity index (χ4v) is 2.50. The number of amides is 2. The lowest BCUT2D eigenvalue weighted by Gasteiger charge is -2.35. The van der Waals surface area contributed by atoms with Crippen LogP contribution >= 0.6 is 0 Å². The molecule has 17 heavy (non-hydrogen) atoms. The van der Waals surface area contributed by atoms with Crippen LogP contribution in [0.15, 0.2) is 0 Å². The van der Waals surface area contributed by atoms with Crippen molar-refractivity contribution in [2.24, 2.45) is 0 Å². The van der Waals surface area contributed by atoms with Gasteiger partial charge in [-0.1, -0.05) is 0 Å². The van der Waals surface area contributed by atoms with Crippen molar-refractivity contribution < 1.29 is 9.59 Å². The van der Waals surface area contributed by atoms with Crippen LogP contribution in [0, 0.1) is 0 Å². The minimum atomic E-state index is 0.108. The molecule has 0 aromatic rings. The van der Waals surface area contributed by atoms with Gasteiger partial charge >= 0.3 is 0 Å². The number of nitrogens with zero attached hydrogens (tertiary/aromatic N) is 3. The van der Waals surface area contributed by atoms with Gasteiger partial charge in [0.2, 0.25) is 11.8 Å². The molecule has 2 fully saturated rings. The van der Waals surface area contributed by atoms with Gasteiger partial charge in [-0.25, -0.2) is 0 Å². The van der Waals surface area contributed by atoms with E-state index in [2.05, 4.69) is 4.90 Å². The quantitative estimate of drug-likeness (QED) is 0.669. The van der Waals surface area contributed by atoms with Crippen molar-refractivity contribution in [1.29, 1.82) is 0 Å². The van der Waals surface area contributed by atoms with E-state index in [0.717, 1.165) is 13.1 Å². The van der Waals surface area contributed by atoms with E-state index >= 15 is 0 Å². The van der Waals surface area contributed by atoms with E-state index in [1.165, 1.54) is 12.8 Å². The molecular formula is C12H21N3O2. The van der Waals surface area contributed by atoms with Gasteiger partial charge in [-0.05, 0) is 25.9 Å².